The second-order valence-electron chi connectivity index (χ2n) is 8.00. The van der Waals surface area contributed by atoms with Gasteiger partial charge in [0.15, 0.2) is 11.5 Å². The number of nitrogens with one attached hydrogen (secondary N) is 1. The summed E-state index contributed by atoms with van der Waals surface area (Å²) in [6, 6.07) is 6.13. The van der Waals surface area contributed by atoms with Gasteiger partial charge in [-0.25, -0.2) is 0 Å². The monoisotopic (exact) mass is 374 g/mol. The van der Waals surface area contributed by atoms with E-state index in [1.54, 1.807) is 0 Å². The Balaban J connectivity index is 1.65. The van der Waals surface area contributed by atoms with E-state index in [4.69, 9.17) is 15.2 Å². The van der Waals surface area contributed by atoms with Gasteiger partial charge in [-0.2, -0.15) is 0 Å². The Kier molecular flexibility index (Phi) is 6.64. The minimum absolute atomic E-state index is 0.0668. The van der Waals surface area contributed by atoms with Crippen LogP contribution >= 0.6 is 0 Å². The van der Waals surface area contributed by atoms with Crippen LogP contribution in [0.5, 0.6) is 11.5 Å². The average molecular weight is 375 g/mol. The lowest BCUT2D eigenvalue weighted by atomic mass is 9.65. The zero-order valence-corrected chi connectivity index (χ0v) is 16.9. The lowest BCUT2D eigenvalue weighted by Gasteiger charge is -2.43. The number of carbonyl (C=O) groups excluding carboxylic acids is 1. The second-order valence-corrected chi connectivity index (χ2v) is 8.00. The van der Waals surface area contributed by atoms with Crippen LogP contribution in [-0.4, -0.2) is 25.2 Å². The maximum Gasteiger partial charge on any atom is 0.223 e. The second kappa shape index (κ2) is 8.96. The largest absolute Gasteiger partial charge is 0.490 e. The molecule has 0 aromatic heterocycles. The number of carbonyl (C=O) groups is 1. The first kappa shape index (κ1) is 20.0. The molecule has 2 fully saturated rings. The summed E-state index contributed by atoms with van der Waals surface area (Å²) in [4.78, 5) is 12.9. The van der Waals surface area contributed by atoms with Gasteiger partial charge in [0.2, 0.25) is 5.91 Å². The van der Waals surface area contributed by atoms with Gasteiger partial charge >= 0.3 is 0 Å². The van der Waals surface area contributed by atoms with Crippen LogP contribution in [0.3, 0.4) is 0 Å². The van der Waals surface area contributed by atoms with E-state index in [1.807, 2.05) is 39.0 Å². The third-order valence-corrected chi connectivity index (χ3v) is 6.21. The fraction of sp³-hybridized carbons (Fsp3) is 0.682. The molecule has 27 heavy (non-hydrogen) atoms. The molecule has 2 saturated carbocycles. The molecule has 5 nitrogen and oxygen atoms in total. The van der Waals surface area contributed by atoms with Crippen LogP contribution in [0.2, 0.25) is 0 Å². The number of nitrogens with two attached hydrogens (primary N) is 1. The van der Waals surface area contributed by atoms with Gasteiger partial charge in [-0.1, -0.05) is 12.5 Å². The molecule has 3 unspecified atom stereocenters. The zero-order chi connectivity index (χ0) is 19.4. The first-order chi connectivity index (χ1) is 13.0. The first-order valence-corrected chi connectivity index (χ1v) is 10.5. The van der Waals surface area contributed by atoms with Crippen molar-refractivity contribution in [1.82, 2.24) is 5.32 Å². The molecule has 2 aliphatic carbocycles. The highest BCUT2D eigenvalue weighted by Gasteiger charge is 2.40. The molecule has 3 N–H and O–H groups in total. The molecule has 0 spiro atoms. The van der Waals surface area contributed by atoms with Gasteiger partial charge < -0.3 is 20.5 Å². The van der Waals surface area contributed by atoms with Crippen molar-refractivity contribution in [1.29, 1.82) is 0 Å². The van der Waals surface area contributed by atoms with Gasteiger partial charge in [-0.15, -0.1) is 0 Å². The average Bonchev–Trinajstić information content (AvgIpc) is 2.63. The summed E-state index contributed by atoms with van der Waals surface area (Å²) in [5.74, 6) is 2.76. The Bertz CT molecular complexity index is 634. The molecule has 2 bridgehead atoms. The van der Waals surface area contributed by atoms with Crippen LogP contribution in [0.25, 0.3) is 0 Å². The molecule has 0 aliphatic heterocycles. The van der Waals surface area contributed by atoms with Crippen LogP contribution in [0.1, 0.15) is 64.5 Å². The molecule has 0 saturated heterocycles. The smallest absolute Gasteiger partial charge is 0.223 e. The summed E-state index contributed by atoms with van der Waals surface area (Å²) in [6.45, 7) is 7.11. The zero-order valence-electron chi connectivity index (χ0n) is 16.9. The summed E-state index contributed by atoms with van der Waals surface area (Å²) in [5.41, 5.74) is 7.40. The van der Waals surface area contributed by atoms with Crippen LogP contribution < -0.4 is 20.5 Å². The van der Waals surface area contributed by atoms with Crippen LogP contribution in [0.15, 0.2) is 18.2 Å². The fourth-order valence-corrected chi connectivity index (χ4v) is 4.75. The Hall–Kier alpha value is -1.75. The topological polar surface area (TPSA) is 73.6 Å². The van der Waals surface area contributed by atoms with Crippen LogP contribution in [0.4, 0.5) is 0 Å². The normalized spacial score (nSPS) is 28.3. The Labute approximate surface area is 163 Å². The van der Waals surface area contributed by atoms with E-state index in [1.165, 1.54) is 19.3 Å². The van der Waals surface area contributed by atoms with Crippen LogP contribution in [-0.2, 0) is 4.79 Å². The molecule has 1 amide bonds. The highest BCUT2D eigenvalue weighted by Crippen LogP contribution is 2.42. The number of ether oxygens (including phenoxy) is 2. The highest BCUT2D eigenvalue weighted by molar-refractivity contribution is 5.79. The molecule has 0 heterocycles. The summed E-state index contributed by atoms with van der Waals surface area (Å²) in [5, 5.41) is 3.21. The lowest BCUT2D eigenvalue weighted by molar-refractivity contribution is -0.128. The van der Waals surface area contributed by atoms with Gasteiger partial charge in [-0.05, 0) is 76.0 Å². The Morgan fingerprint density at radius 2 is 1.78 bits per heavy atom. The third-order valence-electron chi connectivity index (χ3n) is 6.21. The molecule has 2 aliphatic rings. The van der Waals surface area contributed by atoms with Gasteiger partial charge in [0, 0.05) is 12.0 Å². The third kappa shape index (κ3) is 4.57. The van der Waals surface area contributed by atoms with Gasteiger partial charge in [0.25, 0.3) is 0 Å². The van der Waals surface area contributed by atoms with Gasteiger partial charge in [0.05, 0.1) is 19.3 Å². The van der Waals surface area contributed by atoms with E-state index >= 15 is 0 Å². The SMILES string of the molecule is CCOc1ccc(C(C)NC(=O)C2CC3CCCC(C2)C3N)cc1OCC. The number of fused-ring (bicyclic) bond motifs is 2. The predicted molar refractivity (Wildman–Crippen MR) is 107 cm³/mol. The Morgan fingerprint density at radius 3 is 2.41 bits per heavy atom. The van der Waals surface area contributed by atoms with Crippen molar-refractivity contribution < 1.29 is 14.3 Å². The van der Waals surface area contributed by atoms with Crippen molar-refractivity contribution in [3.63, 3.8) is 0 Å². The standard InChI is InChI=1S/C22H34N2O3/c1-4-26-19-10-9-15(13-20(19)27-5-2)14(3)24-22(25)18-11-16-7-6-8-17(12-18)21(16)23/h9-10,13-14,16-18,21H,4-8,11-12,23H2,1-3H3,(H,24,25). The van der Waals surface area contributed by atoms with Crippen molar-refractivity contribution >= 4 is 5.91 Å². The van der Waals surface area contributed by atoms with Gasteiger partial charge in [0.1, 0.15) is 0 Å². The number of benzene rings is 1. The summed E-state index contributed by atoms with van der Waals surface area (Å²) < 4.78 is 11.3. The predicted octanol–water partition coefficient (Wildman–Crippen LogP) is 3.81. The number of hydrogen-bond acceptors (Lipinski definition) is 4. The number of amides is 1. The van der Waals surface area contributed by atoms with Crippen molar-refractivity contribution in [2.75, 3.05) is 13.2 Å². The first-order valence-electron chi connectivity index (χ1n) is 10.5. The Morgan fingerprint density at radius 1 is 1.15 bits per heavy atom. The van der Waals surface area contributed by atoms with E-state index in [9.17, 15) is 4.79 Å². The maximum atomic E-state index is 12.9. The lowest BCUT2D eigenvalue weighted by Crippen LogP contribution is -2.49. The minimum atomic E-state index is -0.0668. The quantitative estimate of drug-likeness (QED) is 0.761. The van der Waals surface area contributed by atoms with E-state index in [2.05, 4.69) is 5.32 Å². The van der Waals surface area contributed by atoms with E-state index < -0.39 is 0 Å². The van der Waals surface area contributed by atoms with Crippen molar-refractivity contribution in [2.45, 2.75) is 65.0 Å². The van der Waals surface area contributed by atoms with Crippen molar-refractivity contribution in [2.24, 2.45) is 23.5 Å². The van der Waals surface area contributed by atoms with Gasteiger partial charge in [-0.3, -0.25) is 4.79 Å². The van der Waals surface area contributed by atoms with Crippen molar-refractivity contribution in [3.05, 3.63) is 23.8 Å². The molecule has 150 valence electrons. The maximum absolute atomic E-state index is 12.9. The highest BCUT2D eigenvalue weighted by atomic mass is 16.5. The molecule has 0 radical (unpaired) electrons. The molecule has 5 heteroatoms. The van der Waals surface area contributed by atoms with E-state index in [0.717, 1.165) is 29.9 Å². The van der Waals surface area contributed by atoms with E-state index in [0.29, 0.717) is 31.1 Å². The molecule has 3 rings (SSSR count). The summed E-state index contributed by atoms with van der Waals surface area (Å²) >= 11 is 0. The number of hydrogen-bond donors (Lipinski definition) is 2. The van der Waals surface area contributed by atoms with E-state index in [-0.39, 0.29) is 17.9 Å². The van der Waals surface area contributed by atoms with Crippen LogP contribution in [0, 0.1) is 17.8 Å². The summed E-state index contributed by atoms with van der Waals surface area (Å²) in [7, 11) is 0. The fourth-order valence-electron chi connectivity index (χ4n) is 4.75. The molecule has 1 aromatic carbocycles. The molecule has 1 aromatic rings. The minimum Gasteiger partial charge on any atom is -0.490 e. The van der Waals surface area contributed by atoms with Crippen molar-refractivity contribution in [3.8, 4) is 11.5 Å². The molecular formula is C22H34N2O3. The number of rotatable bonds is 7. The summed E-state index contributed by atoms with van der Waals surface area (Å²) in [6.07, 6.45) is 5.48. The molecule has 3 atom stereocenters. The molecular weight excluding hydrogens is 340 g/mol.